The first-order valence-corrected chi connectivity index (χ1v) is 10.7. The Bertz CT molecular complexity index is 566. The van der Waals surface area contributed by atoms with Gasteiger partial charge in [0, 0.05) is 13.0 Å². The third-order valence-corrected chi connectivity index (χ3v) is 6.29. The predicted octanol–water partition coefficient (Wildman–Crippen LogP) is -0.476. The second-order valence-corrected chi connectivity index (χ2v) is 8.59. The van der Waals surface area contributed by atoms with Crippen molar-refractivity contribution in [3.05, 3.63) is 0 Å². The first-order chi connectivity index (χ1) is 12.4. The van der Waals surface area contributed by atoms with Crippen LogP contribution in [-0.2, 0) is 19.5 Å². The number of carbonyl (C=O) groups is 1. The zero-order valence-corrected chi connectivity index (χ0v) is 16.5. The topological polar surface area (TPSA) is 130 Å². The van der Waals surface area contributed by atoms with Gasteiger partial charge in [0.25, 0.3) is 0 Å². The lowest BCUT2D eigenvalue weighted by molar-refractivity contribution is -0.00995. The molecule has 0 spiro atoms. The number of carbonyl (C=O) groups excluding carboxylic acids is 1. The maximum Gasteiger partial charge on any atom is 0.330 e. The van der Waals surface area contributed by atoms with E-state index in [9.17, 15) is 13.2 Å². The van der Waals surface area contributed by atoms with Gasteiger partial charge in [0.15, 0.2) is 6.35 Å². The Morgan fingerprint density at radius 3 is 2.65 bits per heavy atom. The third kappa shape index (κ3) is 6.19. The monoisotopic (exact) mass is 413 g/mol. The van der Waals surface area contributed by atoms with Crippen molar-refractivity contribution in [2.45, 2.75) is 62.8 Å². The number of hydrogen-bond acceptors (Lipinski definition) is 8. The molecular formula is C14H28ClN5O5S. The molecule has 0 aromatic rings. The van der Waals surface area contributed by atoms with Crippen LogP contribution in [0, 0.1) is 0 Å². The Hall–Kier alpha value is -0.690. The number of rotatable bonds is 7. The van der Waals surface area contributed by atoms with Crippen molar-refractivity contribution in [2.75, 3.05) is 19.6 Å². The Balaban J connectivity index is 1.93. The number of amides is 2. The molecule has 1 heterocycles. The SMILES string of the molecule is COC1NC(C)NC(NC(=O)NS(=O)(=O)C2CCCCC2OCCCl)N1. The summed E-state index contributed by atoms with van der Waals surface area (Å²) >= 11 is 5.63. The van der Waals surface area contributed by atoms with Crippen LogP contribution in [-0.4, -0.2) is 64.2 Å². The molecule has 2 fully saturated rings. The molecule has 5 unspecified atom stereocenters. The number of alkyl halides is 1. The number of methoxy groups -OCH3 is 1. The summed E-state index contributed by atoms with van der Waals surface area (Å²) in [6.45, 7) is 2.13. The highest BCUT2D eigenvalue weighted by Crippen LogP contribution is 2.26. The van der Waals surface area contributed by atoms with Crippen LogP contribution in [0.5, 0.6) is 0 Å². The number of nitrogens with one attached hydrogen (secondary N) is 5. The van der Waals surface area contributed by atoms with Crippen LogP contribution < -0.4 is 26.0 Å². The van der Waals surface area contributed by atoms with Crippen molar-refractivity contribution in [3.63, 3.8) is 0 Å². The van der Waals surface area contributed by atoms with E-state index < -0.39 is 40.0 Å². The van der Waals surface area contributed by atoms with Crippen molar-refractivity contribution in [1.82, 2.24) is 26.0 Å². The number of halogens is 1. The van der Waals surface area contributed by atoms with Gasteiger partial charge in [-0.05, 0) is 19.8 Å². The first-order valence-electron chi connectivity index (χ1n) is 8.66. The fraction of sp³-hybridized carbons (Fsp3) is 0.929. The third-order valence-electron chi connectivity index (χ3n) is 4.33. The largest absolute Gasteiger partial charge is 0.376 e. The Morgan fingerprint density at radius 2 is 1.96 bits per heavy atom. The molecule has 12 heteroatoms. The molecule has 1 aliphatic carbocycles. The van der Waals surface area contributed by atoms with Gasteiger partial charge in [0.2, 0.25) is 10.0 Å². The maximum absolute atomic E-state index is 12.6. The lowest BCUT2D eigenvalue weighted by atomic mass is 9.97. The van der Waals surface area contributed by atoms with Crippen molar-refractivity contribution >= 4 is 27.7 Å². The van der Waals surface area contributed by atoms with E-state index in [0.717, 1.165) is 12.8 Å². The molecule has 5 N–H and O–H groups in total. The van der Waals surface area contributed by atoms with Crippen LogP contribution in [0.2, 0.25) is 0 Å². The molecule has 152 valence electrons. The number of ether oxygens (including phenoxy) is 2. The van der Waals surface area contributed by atoms with Crippen molar-refractivity contribution in [3.8, 4) is 0 Å². The fourth-order valence-corrected chi connectivity index (χ4v) is 4.81. The number of hydrogen-bond donors (Lipinski definition) is 5. The maximum atomic E-state index is 12.6. The molecule has 26 heavy (non-hydrogen) atoms. The summed E-state index contributed by atoms with van der Waals surface area (Å²) in [6, 6.07) is -0.819. The normalized spacial score (nSPS) is 32.8. The van der Waals surface area contributed by atoms with Gasteiger partial charge in [0.1, 0.15) is 11.5 Å². The zero-order valence-electron chi connectivity index (χ0n) is 15.0. The summed E-state index contributed by atoms with van der Waals surface area (Å²) in [7, 11) is -2.37. The Labute approximate surface area is 159 Å². The smallest absolute Gasteiger partial charge is 0.330 e. The van der Waals surface area contributed by atoms with Gasteiger partial charge in [-0.25, -0.2) is 23.3 Å². The minimum atomic E-state index is -3.88. The average molecular weight is 414 g/mol. The summed E-state index contributed by atoms with van der Waals surface area (Å²) in [5, 5.41) is 10.7. The van der Waals surface area contributed by atoms with Gasteiger partial charge in [-0.2, -0.15) is 0 Å². The fourth-order valence-electron chi connectivity index (χ4n) is 3.16. The number of urea groups is 1. The second-order valence-electron chi connectivity index (χ2n) is 6.31. The van der Waals surface area contributed by atoms with Crippen LogP contribution in [0.3, 0.4) is 0 Å². The van der Waals surface area contributed by atoms with Crippen LogP contribution >= 0.6 is 11.6 Å². The van der Waals surface area contributed by atoms with Crippen molar-refractivity contribution in [1.29, 1.82) is 0 Å². The molecule has 2 aliphatic rings. The minimum absolute atomic E-state index is 0.144. The molecule has 2 amide bonds. The molecule has 0 bridgehead atoms. The van der Waals surface area contributed by atoms with Gasteiger partial charge >= 0.3 is 6.03 Å². The summed E-state index contributed by atoms with van der Waals surface area (Å²) < 4.78 is 38.1. The van der Waals surface area contributed by atoms with E-state index in [1.165, 1.54) is 7.11 Å². The highest BCUT2D eigenvalue weighted by atomic mass is 35.5. The van der Waals surface area contributed by atoms with Gasteiger partial charge in [-0.3, -0.25) is 10.6 Å². The van der Waals surface area contributed by atoms with Crippen LogP contribution in [0.1, 0.15) is 32.6 Å². The lowest BCUT2D eigenvalue weighted by Gasteiger charge is -2.36. The van der Waals surface area contributed by atoms with E-state index in [1.807, 2.05) is 6.92 Å². The van der Waals surface area contributed by atoms with E-state index in [1.54, 1.807) is 0 Å². The first kappa shape index (κ1) is 21.6. The van der Waals surface area contributed by atoms with E-state index >= 15 is 0 Å². The van der Waals surface area contributed by atoms with Gasteiger partial charge in [-0.1, -0.05) is 12.8 Å². The van der Waals surface area contributed by atoms with Crippen molar-refractivity contribution < 1.29 is 22.7 Å². The van der Waals surface area contributed by atoms with Crippen molar-refractivity contribution in [2.24, 2.45) is 0 Å². The van der Waals surface area contributed by atoms with Gasteiger partial charge < -0.3 is 14.8 Å². The lowest BCUT2D eigenvalue weighted by Crippen LogP contribution is -2.72. The standard InChI is InChI=1S/C14H28ClN5O5S/c1-9-16-12(19-14(17-9)24-2)18-13(21)20-26(22,23)11-6-4-3-5-10(11)25-8-7-15/h9-12,14,16-17,19H,3-8H2,1-2H3,(H2,18,20,21). The minimum Gasteiger partial charge on any atom is -0.376 e. The molecule has 1 saturated carbocycles. The van der Waals surface area contributed by atoms with Gasteiger partial charge in [-0.15, -0.1) is 11.6 Å². The zero-order chi connectivity index (χ0) is 19.2. The van der Waals surface area contributed by atoms with Gasteiger partial charge in [0.05, 0.1) is 18.9 Å². The Kier molecular flexibility index (Phi) is 8.33. The molecule has 5 atom stereocenters. The molecule has 1 aliphatic heterocycles. The number of sulfonamides is 1. The molecule has 1 saturated heterocycles. The van der Waals surface area contributed by atoms with Crippen LogP contribution in [0.25, 0.3) is 0 Å². The second kappa shape index (κ2) is 10.0. The summed E-state index contributed by atoms with van der Waals surface area (Å²) in [5.41, 5.74) is 0. The molecule has 0 aromatic heterocycles. The molecule has 0 aromatic carbocycles. The molecular weight excluding hydrogens is 386 g/mol. The highest BCUT2D eigenvalue weighted by molar-refractivity contribution is 7.90. The van der Waals surface area contributed by atoms with E-state index in [4.69, 9.17) is 21.1 Å². The predicted molar refractivity (Wildman–Crippen MR) is 96.8 cm³/mol. The average Bonchev–Trinajstić information content (AvgIpc) is 2.59. The van der Waals surface area contributed by atoms with E-state index in [0.29, 0.717) is 18.7 Å². The van der Waals surface area contributed by atoms with Crippen LogP contribution in [0.4, 0.5) is 4.79 Å². The molecule has 0 radical (unpaired) electrons. The van der Waals surface area contributed by atoms with E-state index in [2.05, 4.69) is 26.0 Å². The summed E-state index contributed by atoms with van der Waals surface area (Å²) in [5.74, 6) is 0.295. The summed E-state index contributed by atoms with van der Waals surface area (Å²) in [4.78, 5) is 12.2. The van der Waals surface area contributed by atoms with Crippen LogP contribution in [0.15, 0.2) is 0 Å². The Morgan fingerprint density at radius 1 is 1.23 bits per heavy atom. The molecule has 10 nitrogen and oxygen atoms in total. The summed E-state index contributed by atoms with van der Waals surface area (Å²) in [6.07, 6.45) is 1.02. The molecule has 2 rings (SSSR count). The van der Waals surface area contributed by atoms with E-state index in [-0.39, 0.29) is 12.8 Å². The quantitative estimate of drug-likeness (QED) is 0.354. The highest BCUT2D eigenvalue weighted by Gasteiger charge is 2.37.